The van der Waals surface area contributed by atoms with E-state index in [4.69, 9.17) is 4.42 Å². The number of hydrogen-bond donors (Lipinski definition) is 0. The zero-order valence-electron chi connectivity index (χ0n) is 11.8. The Morgan fingerprint density at radius 2 is 1.05 bits per heavy atom. The van der Waals surface area contributed by atoms with E-state index >= 15 is 0 Å². The van der Waals surface area contributed by atoms with Crippen LogP contribution in [0.1, 0.15) is 0 Å². The topological polar surface area (TPSA) is 13.1 Å². The number of fused-ring (bicyclic) bond motifs is 1. The molecule has 4 rings (SSSR count). The summed E-state index contributed by atoms with van der Waals surface area (Å²) in [5.74, 6) is 1.37. The van der Waals surface area contributed by atoms with Crippen LogP contribution >= 0.6 is 0 Å². The van der Waals surface area contributed by atoms with Crippen molar-refractivity contribution in [1.82, 2.24) is 0 Å². The molecule has 3 aromatic carbocycles. The molecular formula is C20H13FO. The van der Waals surface area contributed by atoms with Crippen molar-refractivity contribution in [2.45, 2.75) is 0 Å². The summed E-state index contributed by atoms with van der Waals surface area (Å²) in [5, 5.41) is 2.10. The molecule has 4 aromatic rings. The van der Waals surface area contributed by atoms with E-state index in [1.165, 1.54) is 12.1 Å². The van der Waals surface area contributed by atoms with Gasteiger partial charge in [0.2, 0.25) is 0 Å². The summed E-state index contributed by atoms with van der Waals surface area (Å²) in [6.45, 7) is 0. The third-order valence-electron chi connectivity index (χ3n) is 3.76. The smallest absolute Gasteiger partial charge is 0.142 e. The van der Waals surface area contributed by atoms with E-state index in [0.29, 0.717) is 0 Å². The van der Waals surface area contributed by atoms with Crippen LogP contribution in [0, 0.1) is 5.82 Å². The van der Waals surface area contributed by atoms with E-state index < -0.39 is 0 Å². The molecule has 0 aliphatic carbocycles. The van der Waals surface area contributed by atoms with Crippen LogP contribution in [0.25, 0.3) is 33.4 Å². The fourth-order valence-corrected chi connectivity index (χ4v) is 2.71. The van der Waals surface area contributed by atoms with Gasteiger partial charge in [-0.2, -0.15) is 0 Å². The van der Waals surface area contributed by atoms with Crippen LogP contribution in [0.15, 0.2) is 83.3 Å². The second-order valence-corrected chi connectivity index (χ2v) is 5.18. The lowest BCUT2D eigenvalue weighted by Gasteiger charge is -1.98. The molecule has 0 saturated carbocycles. The van der Waals surface area contributed by atoms with Gasteiger partial charge in [-0.3, -0.25) is 0 Å². The maximum Gasteiger partial charge on any atom is 0.142 e. The molecule has 106 valence electrons. The lowest BCUT2D eigenvalue weighted by atomic mass is 10.0. The van der Waals surface area contributed by atoms with Crippen LogP contribution in [0.5, 0.6) is 0 Å². The second-order valence-electron chi connectivity index (χ2n) is 5.18. The molecule has 0 amide bonds. The molecule has 1 aromatic heterocycles. The van der Waals surface area contributed by atoms with Gasteiger partial charge in [-0.15, -0.1) is 0 Å². The standard InChI is InChI=1S/C20H13FO/c21-16-12-10-15(11-13-16)20-18-9-5-4-8-17(18)19(22-20)14-6-2-1-3-7-14/h1-13H. The van der Waals surface area contributed by atoms with Gasteiger partial charge in [-0.25, -0.2) is 4.39 Å². The molecule has 1 heterocycles. The van der Waals surface area contributed by atoms with Crippen LogP contribution < -0.4 is 0 Å². The first-order chi connectivity index (χ1) is 10.8. The first-order valence-electron chi connectivity index (χ1n) is 7.16. The zero-order valence-corrected chi connectivity index (χ0v) is 11.8. The molecule has 0 saturated heterocycles. The molecular weight excluding hydrogens is 275 g/mol. The Bertz CT molecular complexity index is 921. The van der Waals surface area contributed by atoms with Gasteiger partial charge < -0.3 is 4.42 Å². The van der Waals surface area contributed by atoms with E-state index in [1.54, 1.807) is 12.1 Å². The first-order valence-corrected chi connectivity index (χ1v) is 7.16. The number of hydrogen-bond acceptors (Lipinski definition) is 1. The summed E-state index contributed by atoms with van der Waals surface area (Å²) in [6, 6.07) is 24.5. The lowest BCUT2D eigenvalue weighted by molar-refractivity contribution is 0.600. The van der Waals surface area contributed by atoms with Gasteiger partial charge in [-0.1, -0.05) is 54.6 Å². The minimum Gasteiger partial charge on any atom is -0.455 e. The third-order valence-corrected chi connectivity index (χ3v) is 3.76. The number of benzene rings is 3. The van der Waals surface area contributed by atoms with Crippen molar-refractivity contribution in [3.8, 4) is 22.6 Å². The third kappa shape index (κ3) is 2.09. The molecule has 0 unspecified atom stereocenters. The van der Waals surface area contributed by atoms with Crippen molar-refractivity contribution in [2.24, 2.45) is 0 Å². The van der Waals surface area contributed by atoms with Crippen LogP contribution in [0.2, 0.25) is 0 Å². The second kappa shape index (κ2) is 5.15. The average Bonchev–Trinajstić information content (AvgIpc) is 2.96. The molecule has 0 aliphatic rings. The van der Waals surface area contributed by atoms with Crippen molar-refractivity contribution in [2.75, 3.05) is 0 Å². The van der Waals surface area contributed by atoms with Crippen molar-refractivity contribution >= 4 is 10.8 Å². The Balaban J connectivity index is 1.99. The first kappa shape index (κ1) is 12.8. The van der Waals surface area contributed by atoms with Crippen molar-refractivity contribution in [1.29, 1.82) is 0 Å². The van der Waals surface area contributed by atoms with Gasteiger partial charge >= 0.3 is 0 Å². The quantitative estimate of drug-likeness (QED) is 0.447. The minimum atomic E-state index is -0.247. The average molecular weight is 288 g/mol. The molecule has 2 heteroatoms. The van der Waals surface area contributed by atoms with Gasteiger partial charge in [-0.05, 0) is 24.3 Å². The normalized spacial score (nSPS) is 11.0. The number of furan rings is 1. The molecule has 22 heavy (non-hydrogen) atoms. The largest absolute Gasteiger partial charge is 0.455 e. The van der Waals surface area contributed by atoms with E-state index in [0.717, 1.165) is 33.4 Å². The Labute approximate surface area is 127 Å². The zero-order chi connectivity index (χ0) is 14.9. The summed E-state index contributed by atoms with van der Waals surface area (Å²) in [5.41, 5.74) is 1.91. The summed E-state index contributed by atoms with van der Waals surface area (Å²) in [4.78, 5) is 0. The van der Waals surface area contributed by atoms with E-state index in [-0.39, 0.29) is 5.82 Å². The van der Waals surface area contributed by atoms with Gasteiger partial charge in [0.15, 0.2) is 0 Å². The maximum absolute atomic E-state index is 13.2. The van der Waals surface area contributed by atoms with Crippen LogP contribution in [-0.4, -0.2) is 0 Å². The Kier molecular flexibility index (Phi) is 3.01. The Morgan fingerprint density at radius 1 is 0.545 bits per heavy atom. The van der Waals surface area contributed by atoms with Gasteiger partial charge in [0.05, 0.1) is 0 Å². The summed E-state index contributed by atoms with van der Waals surface area (Å²) >= 11 is 0. The highest BCUT2D eigenvalue weighted by atomic mass is 19.1. The number of halogens is 1. The van der Waals surface area contributed by atoms with E-state index in [9.17, 15) is 4.39 Å². The van der Waals surface area contributed by atoms with Crippen molar-refractivity contribution < 1.29 is 8.81 Å². The highest BCUT2D eigenvalue weighted by Crippen LogP contribution is 2.38. The predicted molar refractivity (Wildman–Crippen MR) is 87.0 cm³/mol. The Morgan fingerprint density at radius 3 is 1.64 bits per heavy atom. The maximum atomic E-state index is 13.2. The van der Waals surface area contributed by atoms with Gasteiger partial charge in [0.25, 0.3) is 0 Å². The lowest BCUT2D eigenvalue weighted by Crippen LogP contribution is -1.76. The molecule has 0 atom stereocenters. The molecule has 0 aliphatic heterocycles. The minimum absolute atomic E-state index is 0.247. The summed E-state index contributed by atoms with van der Waals surface area (Å²) in [6.07, 6.45) is 0. The highest BCUT2D eigenvalue weighted by Gasteiger charge is 2.15. The fourth-order valence-electron chi connectivity index (χ4n) is 2.71. The molecule has 0 spiro atoms. The summed E-state index contributed by atoms with van der Waals surface area (Å²) in [7, 11) is 0. The SMILES string of the molecule is Fc1ccc(-c2oc(-c3ccccc3)c3ccccc23)cc1. The summed E-state index contributed by atoms with van der Waals surface area (Å²) < 4.78 is 19.3. The molecule has 0 radical (unpaired) electrons. The van der Waals surface area contributed by atoms with Crippen LogP contribution in [0.3, 0.4) is 0 Å². The molecule has 0 bridgehead atoms. The van der Waals surface area contributed by atoms with Gasteiger partial charge in [0, 0.05) is 21.9 Å². The van der Waals surface area contributed by atoms with Crippen LogP contribution in [-0.2, 0) is 0 Å². The van der Waals surface area contributed by atoms with Gasteiger partial charge in [0.1, 0.15) is 17.3 Å². The van der Waals surface area contributed by atoms with E-state index in [1.807, 2.05) is 54.6 Å². The van der Waals surface area contributed by atoms with E-state index in [2.05, 4.69) is 0 Å². The molecule has 0 N–H and O–H groups in total. The molecule has 0 fully saturated rings. The molecule has 1 nitrogen and oxygen atoms in total. The highest BCUT2D eigenvalue weighted by molar-refractivity contribution is 6.02. The Hall–Kier alpha value is -2.87. The van der Waals surface area contributed by atoms with Crippen LogP contribution in [0.4, 0.5) is 4.39 Å². The van der Waals surface area contributed by atoms with Crippen molar-refractivity contribution in [3.05, 3.63) is 84.7 Å². The fraction of sp³-hybridized carbons (Fsp3) is 0. The monoisotopic (exact) mass is 288 g/mol. The van der Waals surface area contributed by atoms with Crippen molar-refractivity contribution in [3.63, 3.8) is 0 Å². The number of rotatable bonds is 2. The predicted octanol–water partition coefficient (Wildman–Crippen LogP) is 5.91.